The van der Waals surface area contributed by atoms with E-state index in [4.69, 9.17) is 23.7 Å². The maximum absolute atomic E-state index is 14.5. The van der Waals surface area contributed by atoms with Crippen LogP contribution in [0.25, 0.3) is 11.1 Å². The molecule has 27 nitrogen and oxygen atoms in total. The highest BCUT2D eigenvalue weighted by Gasteiger charge is 2.54. The first-order valence-electron chi connectivity index (χ1n) is 19.3. The second-order valence-electron chi connectivity index (χ2n) is 15.3. The number of phenols is 12. The van der Waals surface area contributed by atoms with Crippen molar-refractivity contribution < 1.29 is 134 Å². The van der Waals surface area contributed by atoms with Gasteiger partial charge in [0, 0.05) is 28.7 Å². The summed E-state index contributed by atoms with van der Waals surface area (Å²) in [5.41, 5.74) is -8.34. The Morgan fingerprint density at radius 3 is 1.62 bits per heavy atom. The fourth-order valence-electron chi connectivity index (χ4n) is 7.97. The van der Waals surface area contributed by atoms with Gasteiger partial charge >= 0.3 is 41.8 Å². The number of carboxylic acids is 2. The number of rotatable bonds is 7. The molecule has 1 fully saturated rings. The molecule has 4 aromatic carbocycles. The lowest BCUT2D eigenvalue weighted by Crippen LogP contribution is -2.59. The summed E-state index contributed by atoms with van der Waals surface area (Å²) >= 11 is 0. The van der Waals surface area contributed by atoms with Gasteiger partial charge in [0.05, 0.1) is 40.4 Å². The molecule has 7 atom stereocenters. The van der Waals surface area contributed by atoms with Crippen molar-refractivity contribution >= 4 is 41.8 Å². The number of aromatic hydroxyl groups is 12. The van der Waals surface area contributed by atoms with Crippen LogP contribution in [0.4, 0.5) is 0 Å². The lowest BCUT2D eigenvalue weighted by molar-refractivity contribution is -0.190. The van der Waals surface area contributed by atoms with Gasteiger partial charge in [-0.2, -0.15) is 0 Å². The van der Waals surface area contributed by atoms with Crippen LogP contribution in [-0.4, -0.2) is 156 Å². The minimum Gasteiger partial charge on any atom is -0.504 e. The largest absolute Gasteiger partial charge is 0.504 e. The van der Waals surface area contributed by atoms with E-state index >= 15 is 0 Å². The van der Waals surface area contributed by atoms with Gasteiger partial charge in [0.15, 0.2) is 57.8 Å². The Kier molecular flexibility index (Phi) is 11.9. The second kappa shape index (κ2) is 17.4. The monoisotopic (exact) mass is 968 g/mol. The Labute approximate surface area is 380 Å². The number of esters is 5. The molecule has 0 spiro atoms. The van der Waals surface area contributed by atoms with Gasteiger partial charge in [0.2, 0.25) is 23.4 Å². The van der Waals surface area contributed by atoms with E-state index in [1.807, 2.05) is 0 Å². The van der Waals surface area contributed by atoms with E-state index in [9.17, 15) is 110 Å². The number of aliphatic hydroxyl groups excluding tert-OH is 1. The number of cyclic esters (lactones) is 2. The highest BCUT2D eigenvalue weighted by atomic mass is 16.6. The smallest absolute Gasteiger partial charge is 0.346 e. The minimum absolute atomic E-state index is 0.00446. The van der Waals surface area contributed by atoms with Crippen molar-refractivity contribution in [3.8, 4) is 80.1 Å². The maximum atomic E-state index is 14.5. The van der Waals surface area contributed by atoms with Gasteiger partial charge in [-0.05, 0) is 36.8 Å². The molecule has 0 saturated heterocycles. The fraction of sp³-hybridized carbons (Fsp3) is 0.214. The molecule has 0 aromatic heterocycles. The Bertz CT molecular complexity index is 2950. The van der Waals surface area contributed by atoms with Gasteiger partial charge in [0.25, 0.3) is 0 Å². The molecule has 69 heavy (non-hydrogen) atoms. The molecule has 4 aromatic rings. The van der Waals surface area contributed by atoms with E-state index in [-0.39, 0.29) is 6.08 Å². The van der Waals surface area contributed by atoms with Gasteiger partial charge < -0.3 is 100 Å². The predicted octanol–water partition coefficient (Wildman–Crippen LogP) is 0.453. The summed E-state index contributed by atoms with van der Waals surface area (Å²) in [5.74, 6) is -32.5. The summed E-state index contributed by atoms with van der Waals surface area (Å²) in [4.78, 5) is 94.1. The first kappa shape index (κ1) is 47.4. The highest BCUT2D eigenvalue weighted by Crippen LogP contribution is 2.54. The average Bonchev–Trinajstić information content (AvgIpc) is 3.28. The number of aliphatic carboxylic acids is 2. The van der Waals surface area contributed by atoms with Crippen LogP contribution in [0.1, 0.15) is 59.3 Å². The van der Waals surface area contributed by atoms with Crippen molar-refractivity contribution in [2.75, 3.05) is 6.61 Å². The van der Waals surface area contributed by atoms with E-state index in [2.05, 4.69) is 0 Å². The number of carboxylic acid groups (broad SMARTS) is 2. The quantitative estimate of drug-likeness (QED) is 0.0517. The van der Waals surface area contributed by atoms with Crippen LogP contribution in [0.15, 0.2) is 42.0 Å². The summed E-state index contributed by atoms with van der Waals surface area (Å²) < 4.78 is 27.0. The Morgan fingerprint density at radius 2 is 1.09 bits per heavy atom. The molecule has 362 valence electrons. The summed E-state index contributed by atoms with van der Waals surface area (Å²) in [7, 11) is 0. The molecule has 1 saturated carbocycles. The molecule has 15 N–H and O–H groups in total. The molecule has 2 heterocycles. The molecular weight excluding hydrogens is 936 g/mol. The van der Waals surface area contributed by atoms with Gasteiger partial charge in [-0.15, -0.1) is 0 Å². The highest BCUT2D eigenvalue weighted by molar-refractivity contribution is 6.09. The van der Waals surface area contributed by atoms with E-state index in [0.29, 0.717) is 30.3 Å². The van der Waals surface area contributed by atoms with Crippen molar-refractivity contribution in [1.29, 1.82) is 0 Å². The molecule has 0 radical (unpaired) electrons. The molecule has 2 bridgehead atoms. The van der Waals surface area contributed by atoms with Crippen LogP contribution in [0, 0.1) is 5.92 Å². The third-order valence-electron chi connectivity index (χ3n) is 11.2. The van der Waals surface area contributed by atoms with E-state index in [1.165, 1.54) is 0 Å². The van der Waals surface area contributed by atoms with Crippen LogP contribution in [0.3, 0.4) is 0 Å². The Morgan fingerprint density at radius 1 is 0.594 bits per heavy atom. The summed E-state index contributed by atoms with van der Waals surface area (Å²) in [6.45, 7) is -1.17. The van der Waals surface area contributed by atoms with Crippen LogP contribution in [-0.2, 0) is 38.1 Å². The number of ether oxygens (including phenoxy) is 5. The first-order valence-corrected chi connectivity index (χ1v) is 19.3. The van der Waals surface area contributed by atoms with Crippen molar-refractivity contribution in [2.24, 2.45) is 5.92 Å². The zero-order valence-corrected chi connectivity index (χ0v) is 34.0. The first-order chi connectivity index (χ1) is 32.3. The molecule has 3 unspecified atom stereocenters. The average molecular weight is 969 g/mol. The summed E-state index contributed by atoms with van der Waals surface area (Å²) in [6, 6.07) is 2.47. The second-order valence-corrected chi connectivity index (χ2v) is 15.3. The molecule has 27 heteroatoms. The van der Waals surface area contributed by atoms with Crippen molar-refractivity contribution in [3.63, 3.8) is 0 Å². The number of benzene rings is 4. The fourth-order valence-corrected chi connectivity index (χ4v) is 7.97. The lowest BCUT2D eigenvalue weighted by atomic mass is 9.79. The SMILES string of the molecule is O=C(O)/C=C(\C(=O)O[C@H]1C2OC(=O)c3cc(O)c(O)c(O)c3-c3c(cc(O)c(O)c3O)C(=O)OC[C@H]1C[C@@H](OC(=O)c1cc(O)c(O)c(O)c1)[C@@H]2O)C1c2c(cc(O)c(O)c2O)C(=O)OC1C(=O)O. The third kappa shape index (κ3) is 8.13. The molecular formula is C42H32O27. The normalized spacial score (nSPS) is 22.1. The molecule has 2 aliphatic heterocycles. The molecule has 7 rings (SSSR count). The summed E-state index contributed by atoms with van der Waals surface area (Å²) in [5, 5.41) is 157. The van der Waals surface area contributed by atoms with E-state index in [0.717, 1.165) is 0 Å². The van der Waals surface area contributed by atoms with Crippen LogP contribution in [0.5, 0.6) is 69.0 Å². The summed E-state index contributed by atoms with van der Waals surface area (Å²) in [6.07, 6.45) is -12.9. The zero-order chi connectivity index (χ0) is 50.8. The van der Waals surface area contributed by atoms with Crippen molar-refractivity contribution in [1.82, 2.24) is 0 Å². The Balaban J connectivity index is 1.41. The Hall–Kier alpha value is -9.53. The van der Waals surface area contributed by atoms with Crippen LogP contribution in [0.2, 0.25) is 0 Å². The van der Waals surface area contributed by atoms with Gasteiger partial charge in [-0.3, -0.25) is 0 Å². The van der Waals surface area contributed by atoms with E-state index in [1.54, 1.807) is 0 Å². The van der Waals surface area contributed by atoms with Crippen molar-refractivity contribution in [3.05, 3.63) is 69.8 Å². The standard InChI is InChI=1S/C42H32O27/c43-15-1-9(2-16(44)26(15)50)38(60)66-20-3-10-8-65-39(61)11-4-17(45)27(51)31(55)22(11)23-12(5-18(46)28(52)32(23)56)41(63)69-36(30(20)54)34(10)67-42(64)14(7-21(48)49)25-24-13(6-19(47)29(53)33(24)57)40(62)68-35(25)37(58)59/h1-2,4-7,10,20,25,30,34-36,43-47,50-57H,3,8H2,(H,48,49)(H,58,59)/b14-7-/t10-,20-,25?,30+,34-,35?,36?/m1/s1. The van der Waals surface area contributed by atoms with E-state index < -0.39 is 211 Å². The van der Waals surface area contributed by atoms with Crippen LogP contribution >= 0.6 is 0 Å². The number of hydrogen-bond acceptors (Lipinski definition) is 25. The number of hydrogen-bond donors (Lipinski definition) is 15. The van der Waals surface area contributed by atoms with Gasteiger partial charge in [-0.25, -0.2) is 33.6 Å². The predicted molar refractivity (Wildman–Crippen MR) is 213 cm³/mol. The number of carbonyl (C=O) groups excluding carboxylic acids is 5. The number of carbonyl (C=O) groups is 7. The third-order valence-corrected chi connectivity index (χ3v) is 11.2. The molecule has 3 aliphatic rings. The maximum Gasteiger partial charge on any atom is 0.346 e. The topological polar surface area (TPSA) is 469 Å². The van der Waals surface area contributed by atoms with Crippen LogP contribution < -0.4 is 0 Å². The van der Waals surface area contributed by atoms with Gasteiger partial charge in [-0.1, -0.05) is 0 Å². The number of phenolic OH excluding ortho intramolecular Hbond substituents is 12. The minimum atomic E-state index is -2.64. The lowest BCUT2D eigenvalue weighted by Gasteiger charge is -2.43. The van der Waals surface area contributed by atoms with Crippen molar-refractivity contribution in [2.45, 2.75) is 42.9 Å². The zero-order valence-electron chi connectivity index (χ0n) is 34.0. The number of aliphatic hydroxyl groups is 1. The van der Waals surface area contributed by atoms with Gasteiger partial charge in [0.1, 0.15) is 18.3 Å². The molecule has 1 aliphatic carbocycles. The number of fused-ring (bicyclic) bond motifs is 6. The molecule has 0 amide bonds.